The summed E-state index contributed by atoms with van der Waals surface area (Å²) in [7, 11) is 1.83. The van der Waals surface area contributed by atoms with E-state index in [1.54, 1.807) is 0 Å². The minimum Gasteiger partial charge on any atom is -0.375 e. The number of hydrogen-bond acceptors (Lipinski definition) is 3. The Balaban J connectivity index is 1.58. The predicted octanol–water partition coefficient (Wildman–Crippen LogP) is 2.74. The van der Waals surface area contributed by atoms with Gasteiger partial charge in [0.25, 0.3) is 0 Å². The van der Waals surface area contributed by atoms with E-state index in [9.17, 15) is 0 Å². The highest BCUT2D eigenvalue weighted by molar-refractivity contribution is 5.79. The Morgan fingerprint density at radius 3 is 2.81 bits per heavy atom. The quantitative estimate of drug-likeness (QED) is 0.404. The molecule has 1 aromatic carbocycles. The number of hydrogen-bond donors (Lipinski definition) is 2. The van der Waals surface area contributed by atoms with E-state index in [1.165, 1.54) is 38.0 Å². The molecular formula is C21H36N4O. The van der Waals surface area contributed by atoms with Crippen molar-refractivity contribution < 1.29 is 4.74 Å². The molecule has 1 heterocycles. The van der Waals surface area contributed by atoms with Gasteiger partial charge in [0.05, 0.1) is 13.2 Å². The molecule has 0 spiro atoms. The van der Waals surface area contributed by atoms with Crippen molar-refractivity contribution in [2.24, 2.45) is 16.8 Å². The maximum absolute atomic E-state index is 5.71. The van der Waals surface area contributed by atoms with Crippen LogP contribution >= 0.6 is 0 Å². The first kappa shape index (κ1) is 20.7. The van der Waals surface area contributed by atoms with Gasteiger partial charge in [-0.05, 0) is 36.8 Å². The number of nitrogens with zero attached hydrogens (tertiary/aromatic N) is 2. The molecule has 2 N–H and O–H groups in total. The second kappa shape index (κ2) is 11.9. The van der Waals surface area contributed by atoms with Gasteiger partial charge in [-0.25, -0.2) is 0 Å². The molecule has 1 aliphatic rings. The van der Waals surface area contributed by atoms with Crippen LogP contribution in [-0.2, 0) is 11.3 Å². The summed E-state index contributed by atoms with van der Waals surface area (Å²) in [4.78, 5) is 6.93. The van der Waals surface area contributed by atoms with Crippen molar-refractivity contribution in [3.8, 4) is 0 Å². The summed E-state index contributed by atoms with van der Waals surface area (Å²) in [6.07, 6.45) is 2.61. The zero-order valence-corrected chi connectivity index (χ0v) is 16.7. The number of piperidine rings is 1. The normalized spacial score (nSPS) is 18.9. The molecule has 1 unspecified atom stereocenters. The lowest BCUT2D eigenvalue weighted by atomic mass is 9.97. The van der Waals surface area contributed by atoms with E-state index in [-0.39, 0.29) is 0 Å². The summed E-state index contributed by atoms with van der Waals surface area (Å²) in [5, 5.41) is 6.82. The van der Waals surface area contributed by atoms with Crippen LogP contribution in [0.25, 0.3) is 0 Å². The van der Waals surface area contributed by atoms with Crippen LogP contribution in [0.4, 0.5) is 0 Å². The van der Waals surface area contributed by atoms with Crippen LogP contribution in [0.3, 0.4) is 0 Å². The van der Waals surface area contributed by atoms with Gasteiger partial charge in [-0.15, -0.1) is 0 Å². The fourth-order valence-electron chi connectivity index (χ4n) is 3.47. The van der Waals surface area contributed by atoms with Crippen molar-refractivity contribution in [2.45, 2.75) is 33.3 Å². The maximum atomic E-state index is 5.71. The minimum atomic E-state index is 0.655. The van der Waals surface area contributed by atoms with Crippen molar-refractivity contribution >= 4 is 5.96 Å². The molecule has 2 rings (SSSR count). The average Bonchev–Trinajstić information content (AvgIpc) is 2.64. The Morgan fingerprint density at radius 2 is 2.08 bits per heavy atom. The van der Waals surface area contributed by atoms with E-state index in [2.05, 4.69) is 46.5 Å². The van der Waals surface area contributed by atoms with Crippen molar-refractivity contribution in [1.82, 2.24) is 15.5 Å². The first-order valence-electron chi connectivity index (χ1n) is 9.96. The molecule has 1 atom stereocenters. The van der Waals surface area contributed by atoms with E-state index in [1.807, 2.05) is 25.2 Å². The molecule has 5 nitrogen and oxygen atoms in total. The second-order valence-electron chi connectivity index (χ2n) is 7.58. The SMILES string of the molecule is CN=C(NCCOCc1ccccc1)NCC1CCCN(CC(C)C)C1. The molecule has 0 aliphatic carbocycles. The molecule has 1 fully saturated rings. The van der Waals surface area contributed by atoms with Crippen LogP contribution in [-0.4, -0.2) is 57.2 Å². The average molecular weight is 361 g/mol. The Hall–Kier alpha value is -1.59. The number of rotatable bonds is 9. The molecule has 0 saturated carbocycles. The molecule has 1 aromatic rings. The minimum absolute atomic E-state index is 0.655. The number of benzene rings is 1. The first-order chi connectivity index (χ1) is 12.7. The summed E-state index contributed by atoms with van der Waals surface area (Å²) in [5.74, 6) is 2.32. The van der Waals surface area contributed by atoms with Crippen LogP contribution in [0.2, 0.25) is 0 Å². The van der Waals surface area contributed by atoms with Gasteiger partial charge in [0.1, 0.15) is 0 Å². The Labute approximate surface area is 159 Å². The number of ether oxygens (including phenoxy) is 1. The summed E-state index contributed by atoms with van der Waals surface area (Å²) in [6, 6.07) is 10.3. The van der Waals surface area contributed by atoms with Gasteiger partial charge in [-0.1, -0.05) is 44.2 Å². The Morgan fingerprint density at radius 1 is 1.27 bits per heavy atom. The van der Waals surface area contributed by atoms with Gasteiger partial charge < -0.3 is 20.3 Å². The molecule has 0 bridgehead atoms. The third-order valence-electron chi connectivity index (χ3n) is 4.66. The zero-order valence-electron chi connectivity index (χ0n) is 16.7. The number of likely N-dealkylation sites (tertiary alicyclic amines) is 1. The highest BCUT2D eigenvalue weighted by atomic mass is 16.5. The van der Waals surface area contributed by atoms with E-state index in [4.69, 9.17) is 4.74 Å². The van der Waals surface area contributed by atoms with Gasteiger partial charge in [0.15, 0.2) is 5.96 Å². The van der Waals surface area contributed by atoms with Crippen LogP contribution < -0.4 is 10.6 Å². The molecule has 26 heavy (non-hydrogen) atoms. The lowest BCUT2D eigenvalue weighted by Crippen LogP contribution is -2.45. The predicted molar refractivity (Wildman–Crippen MR) is 109 cm³/mol. The van der Waals surface area contributed by atoms with Crippen molar-refractivity contribution in [2.75, 3.05) is 46.4 Å². The fourth-order valence-corrected chi connectivity index (χ4v) is 3.47. The Kier molecular flexibility index (Phi) is 9.50. The highest BCUT2D eigenvalue weighted by Gasteiger charge is 2.20. The first-order valence-corrected chi connectivity index (χ1v) is 9.96. The van der Waals surface area contributed by atoms with E-state index < -0.39 is 0 Å². The Bertz CT molecular complexity index is 518. The molecule has 1 saturated heterocycles. The van der Waals surface area contributed by atoms with E-state index in [0.717, 1.165) is 25.0 Å². The van der Waals surface area contributed by atoms with Crippen LogP contribution in [0.15, 0.2) is 35.3 Å². The molecule has 0 aromatic heterocycles. The molecule has 0 amide bonds. The summed E-state index contributed by atoms with van der Waals surface area (Å²) in [5.41, 5.74) is 1.21. The number of aliphatic imine (C=N–C) groups is 1. The molecule has 1 aliphatic heterocycles. The third kappa shape index (κ3) is 8.19. The summed E-state index contributed by atoms with van der Waals surface area (Å²) >= 11 is 0. The van der Waals surface area contributed by atoms with Gasteiger partial charge in [-0.3, -0.25) is 4.99 Å². The zero-order chi connectivity index (χ0) is 18.6. The topological polar surface area (TPSA) is 48.9 Å². The van der Waals surface area contributed by atoms with Crippen LogP contribution in [0.1, 0.15) is 32.3 Å². The van der Waals surface area contributed by atoms with E-state index in [0.29, 0.717) is 19.1 Å². The number of nitrogens with one attached hydrogen (secondary N) is 2. The molecule has 146 valence electrons. The molecule has 5 heteroatoms. The largest absolute Gasteiger partial charge is 0.375 e. The third-order valence-corrected chi connectivity index (χ3v) is 4.66. The van der Waals surface area contributed by atoms with Crippen LogP contribution in [0.5, 0.6) is 0 Å². The monoisotopic (exact) mass is 360 g/mol. The van der Waals surface area contributed by atoms with Crippen molar-refractivity contribution in [3.63, 3.8) is 0 Å². The van der Waals surface area contributed by atoms with Crippen molar-refractivity contribution in [1.29, 1.82) is 0 Å². The molecule has 0 radical (unpaired) electrons. The van der Waals surface area contributed by atoms with Gasteiger partial charge in [-0.2, -0.15) is 0 Å². The lowest BCUT2D eigenvalue weighted by Gasteiger charge is -2.34. The van der Waals surface area contributed by atoms with Crippen LogP contribution in [0, 0.1) is 11.8 Å². The second-order valence-corrected chi connectivity index (χ2v) is 7.58. The standard InChI is InChI=1S/C21H36N4O/c1-18(2)15-25-12-7-10-20(16-25)14-24-21(22-3)23-11-13-26-17-19-8-5-4-6-9-19/h4-6,8-9,18,20H,7,10-17H2,1-3H3,(H2,22,23,24). The van der Waals surface area contributed by atoms with Gasteiger partial charge in [0, 0.05) is 33.2 Å². The summed E-state index contributed by atoms with van der Waals surface area (Å²) in [6.45, 7) is 11.3. The lowest BCUT2D eigenvalue weighted by molar-refractivity contribution is 0.125. The van der Waals surface area contributed by atoms with Gasteiger partial charge in [0.2, 0.25) is 0 Å². The molecular weight excluding hydrogens is 324 g/mol. The maximum Gasteiger partial charge on any atom is 0.191 e. The summed E-state index contributed by atoms with van der Waals surface area (Å²) < 4.78 is 5.71. The number of guanidine groups is 1. The van der Waals surface area contributed by atoms with Crippen molar-refractivity contribution in [3.05, 3.63) is 35.9 Å². The van der Waals surface area contributed by atoms with Gasteiger partial charge >= 0.3 is 0 Å². The fraction of sp³-hybridized carbons (Fsp3) is 0.667. The highest BCUT2D eigenvalue weighted by Crippen LogP contribution is 2.16. The smallest absolute Gasteiger partial charge is 0.191 e. The van der Waals surface area contributed by atoms with E-state index >= 15 is 0 Å².